The number of carboxylic acids is 1. The third-order valence-electron chi connectivity index (χ3n) is 6.56. The van der Waals surface area contributed by atoms with E-state index in [2.05, 4.69) is 15.6 Å². The summed E-state index contributed by atoms with van der Waals surface area (Å²) in [6.07, 6.45) is 5.10. The largest absolute Gasteiger partial charge is 0.477 e. The molecule has 226 valence electrons. The Kier molecular flexibility index (Phi) is 8.74. The molecule has 42 heavy (non-hydrogen) atoms. The molecule has 19 heteroatoms. The number of thioether (sulfide) groups is 2. The molecule has 3 atom stereocenters. The summed E-state index contributed by atoms with van der Waals surface area (Å²) in [5.41, 5.74) is 0.0668. The van der Waals surface area contributed by atoms with Gasteiger partial charge in [0.05, 0.1) is 19.3 Å². The van der Waals surface area contributed by atoms with Crippen LogP contribution in [-0.4, -0.2) is 117 Å². The Bertz CT molecular complexity index is 1490. The summed E-state index contributed by atoms with van der Waals surface area (Å²) < 4.78 is 29.2. The molecule has 0 aromatic carbocycles. The van der Waals surface area contributed by atoms with Crippen molar-refractivity contribution in [2.24, 2.45) is 0 Å². The van der Waals surface area contributed by atoms with E-state index < -0.39 is 62.1 Å². The maximum atomic E-state index is 13.7. The lowest BCUT2D eigenvalue weighted by atomic mass is 10.0. The number of esters is 1. The topological polar surface area (TPSA) is 213 Å². The van der Waals surface area contributed by atoms with E-state index in [9.17, 15) is 42.3 Å². The van der Waals surface area contributed by atoms with Gasteiger partial charge in [-0.3, -0.25) is 24.3 Å². The third-order valence-corrected chi connectivity index (χ3v) is 10.4. The first kappa shape index (κ1) is 31.1. The lowest BCUT2D eigenvalue weighted by Crippen LogP contribution is -2.78. The average molecular weight is 643 g/mol. The second kappa shape index (κ2) is 11.8. The van der Waals surface area contributed by atoms with Crippen LogP contribution in [0.5, 0.6) is 0 Å². The van der Waals surface area contributed by atoms with Crippen LogP contribution in [0.2, 0.25) is 0 Å². The number of aliphatic carboxylic acids is 1. The van der Waals surface area contributed by atoms with Crippen LogP contribution in [0.25, 0.3) is 0 Å². The number of carbonyl (C=O) groups is 6. The first-order chi connectivity index (χ1) is 19.7. The van der Waals surface area contributed by atoms with E-state index in [1.54, 1.807) is 6.26 Å². The highest BCUT2D eigenvalue weighted by Gasteiger charge is 2.65. The fourth-order valence-corrected chi connectivity index (χ4v) is 7.95. The van der Waals surface area contributed by atoms with Crippen molar-refractivity contribution in [1.29, 1.82) is 0 Å². The number of carboxylic acid groups (broad SMARTS) is 1. The van der Waals surface area contributed by atoms with E-state index in [-0.39, 0.29) is 42.3 Å². The number of pyridine rings is 1. The molecule has 16 nitrogen and oxygen atoms in total. The number of urea groups is 2. The Morgan fingerprint density at radius 1 is 1.29 bits per heavy atom. The van der Waals surface area contributed by atoms with Crippen LogP contribution in [0.1, 0.15) is 18.5 Å². The van der Waals surface area contributed by atoms with Gasteiger partial charge in [0.25, 0.3) is 5.91 Å². The summed E-state index contributed by atoms with van der Waals surface area (Å²) in [5.74, 6) is -3.54. The van der Waals surface area contributed by atoms with E-state index in [4.69, 9.17) is 4.74 Å². The van der Waals surface area contributed by atoms with Crippen LogP contribution in [-0.2, 0) is 33.9 Å². The molecule has 3 aliphatic rings. The molecule has 4 heterocycles. The van der Waals surface area contributed by atoms with Gasteiger partial charge in [-0.05, 0) is 12.3 Å². The maximum absolute atomic E-state index is 13.7. The molecule has 0 bridgehead atoms. The summed E-state index contributed by atoms with van der Waals surface area (Å²) in [5, 5.41) is 14.1. The molecular weight excluding hydrogens is 616 g/mol. The zero-order valence-corrected chi connectivity index (χ0v) is 24.9. The molecular formula is C23H26N6O10S3. The number of amides is 6. The standard InChI is InChI=1S/C23H26N6O10S3/c1-12(30)39-10-14-11-41-20-23(40-2,19(34)29(20)16(14)18(32)33)26-17(31)15(13-5-4-6-24-9-13)25-21(35)27-7-8-28(22(27)36)42(3,37)38/h4-6,9,15,20H,7-8,10-11H2,1-3H3,(H,25,35)(H,26,31)(H,32,33)/t15?,20-,23+/m1/s1. The van der Waals surface area contributed by atoms with Gasteiger partial charge in [-0.25, -0.2) is 32.0 Å². The Balaban J connectivity index is 1.59. The molecule has 2 fully saturated rings. The summed E-state index contributed by atoms with van der Waals surface area (Å²) >= 11 is 2.12. The van der Waals surface area contributed by atoms with Crippen LogP contribution < -0.4 is 10.6 Å². The van der Waals surface area contributed by atoms with Gasteiger partial charge in [-0.2, -0.15) is 0 Å². The van der Waals surface area contributed by atoms with Crippen molar-refractivity contribution in [1.82, 2.24) is 29.7 Å². The van der Waals surface area contributed by atoms with Crippen molar-refractivity contribution in [2.45, 2.75) is 23.2 Å². The van der Waals surface area contributed by atoms with Gasteiger partial charge >= 0.3 is 24.0 Å². The highest BCUT2D eigenvalue weighted by molar-refractivity contribution is 8.05. The zero-order chi connectivity index (χ0) is 31.0. The summed E-state index contributed by atoms with van der Waals surface area (Å²) in [7, 11) is -3.92. The lowest BCUT2D eigenvalue weighted by molar-refractivity contribution is -0.153. The van der Waals surface area contributed by atoms with Crippen LogP contribution >= 0.6 is 23.5 Å². The van der Waals surface area contributed by atoms with Crippen LogP contribution in [0.3, 0.4) is 0 Å². The first-order valence-corrected chi connectivity index (χ1v) is 16.3. The van der Waals surface area contributed by atoms with Crippen LogP contribution in [0.4, 0.5) is 9.59 Å². The average Bonchev–Trinajstić information content (AvgIpc) is 3.34. The fourth-order valence-electron chi connectivity index (χ4n) is 4.56. The van der Waals surface area contributed by atoms with Crippen LogP contribution in [0.15, 0.2) is 35.8 Å². The number of sulfonamides is 1. The quantitative estimate of drug-likeness (QED) is 0.177. The molecule has 1 unspecified atom stereocenters. The third kappa shape index (κ3) is 5.62. The Hall–Kier alpha value is -3.84. The molecule has 3 aliphatic heterocycles. The minimum absolute atomic E-state index is 0.0955. The summed E-state index contributed by atoms with van der Waals surface area (Å²) in [6.45, 7) is 0.342. The molecule has 3 N–H and O–H groups in total. The SMILES string of the molecule is CS[C@@]1(NC(=O)C(NC(=O)N2CCN(S(C)(=O)=O)C2=O)c2cccnc2)C(=O)N2C(C(=O)O)=C(COC(C)=O)CS[C@@H]21. The van der Waals surface area contributed by atoms with Crippen molar-refractivity contribution >= 4 is 69.4 Å². The van der Waals surface area contributed by atoms with Gasteiger partial charge in [0.1, 0.15) is 23.7 Å². The minimum atomic E-state index is -3.92. The van der Waals surface area contributed by atoms with Crippen molar-refractivity contribution in [3.05, 3.63) is 41.4 Å². The van der Waals surface area contributed by atoms with E-state index in [1.807, 2.05) is 0 Å². The Morgan fingerprint density at radius 3 is 2.55 bits per heavy atom. The Morgan fingerprint density at radius 2 is 2.00 bits per heavy atom. The number of carbonyl (C=O) groups excluding carboxylic acids is 5. The minimum Gasteiger partial charge on any atom is -0.477 e. The maximum Gasteiger partial charge on any atom is 0.352 e. The van der Waals surface area contributed by atoms with Gasteiger partial charge < -0.3 is 20.5 Å². The lowest BCUT2D eigenvalue weighted by Gasteiger charge is -2.56. The normalized spacial score (nSPS) is 22.7. The number of ether oxygens (including phenoxy) is 1. The number of aromatic nitrogens is 1. The van der Waals surface area contributed by atoms with E-state index >= 15 is 0 Å². The van der Waals surface area contributed by atoms with Crippen molar-refractivity contribution < 1.29 is 47.0 Å². The number of nitrogens with one attached hydrogen (secondary N) is 2. The van der Waals surface area contributed by atoms with Crippen molar-refractivity contribution in [3.8, 4) is 0 Å². The Labute approximate surface area is 248 Å². The highest BCUT2D eigenvalue weighted by atomic mass is 32.2. The van der Waals surface area contributed by atoms with E-state index in [0.29, 0.717) is 9.21 Å². The van der Waals surface area contributed by atoms with Gasteiger partial charge in [0.2, 0.25) is 15.9 Å². The molecule has 1 aromatic heterocycles. The number of β-lactam (4-membered cyclic amide) rings is 1. The zero-order valence-electron chi connectivity index (χ0n) is 22.4. The van der Waals surface area contributed by atoms with Gasteiger partial charge in [0, 0.05) is 36.2 Å². The van der Waals surface area contributed by atoms with E-state index in [0.717, 1.165) is 34.7 Å². The molecule has 4 rings (SSSR count). The van der Waals surface area contributed by atoms with Crippen molar-refractivity contribution in [2.75, 3.05) is 38.0 Å². The predicted octanol–water partition coefficient (Wildman–Crippen LogP) is -0.478. The number of hydrogen-bond donors (Lipinski definition) is 3. The monoisotopic (exact) mass is 642 g/mol. The molecule has 6 amide bonds. The number of nitrogens with zero attached hydrogens (tertiary/aromatic N) is 4. The number of rotatable bonds is 9. The number of imide groups is 1. The summed E-state index contributed by atoms with van der Waals surface area (Å²) in [6, 6.07) is -0.621. The van der Waals surface area contributed by atoms with E-state index in [1.165, 1.54) is 31.5 Å². The fraction of sp³-hybridized carbons (Fsp3) is 0.435. The first-order valence-electron chi connectivity index (χ1n) is 12.1. The smallest absolute Gasteiger partial charge is 0.352 e. The summed E-state index contributed by atoms with van der Waals surface area (Å²) in [4.78, 5) is 80.2. The second-order valence-corrected chi connectivity index (χ2v) is 13.3. The number of fused-ring (bicyclic) bond motifs is 1. The van der Waals surface area contributed by atoms with Gasteiger partial charge in [-0.1, -0.05) is 6.07 Å². The second-order valence-electron chi connectivity index (χ2n) is 9.24. The van der Waals surface area contributed by atoms with Gasteiger partial charge in [-0.15, -0.1) is 23.5 Å². The predicted molar refractivity (Wildman–Crippen MR) is 148 cm³/mol. The van der Waals surface area contributed by atoms with Crippen LogP contribution in [0, 0.1) is 0 Å². The molecule has 0 radical (unpaired) electrons. The molecule has 0 saturated carbocycles. The highest BCUT2D eigenvalue weighted by Crippen LogP contribution is 2.50. The molecule has 1 aromatic rings. The molecule has 2 saturated heterocycles. The molecule has 0 spiro atoms. The van der Waals surface area contributed by atoms with Gasteiger partial charge in [0.15, 0.2) is 4.87 Å². The molecule has 0 aliphatic carbocycles. The van der Waals surface area contributed by atoms with Crippen molar-refractivity contribution in [3.63, 3.8) is 0 Å². The number of hydrogen-bond acceptors (Lipinski definition) is 12.